The van der Waals surface area contributed by atoms with Crippen LogP contribution in [0, 0.1) is 11.8 Å². The summed E-state index contributed by atoms with van der Waals surface area (Å²) in [5.41, 5.74) is 0. The van der Waals surface area contributed by atoms with Crippen LogP contribution in [0.5, 0.6) is 0 Å². The molecule has 0 bridgehead atoms. The van der Waals surface area contributed by atoms with Gasteiger partial charge >= 0.3 is 0 Å². The molecule has 4 heteroatoms. The first-order chi connectivity index (χ1) is 8.81. The van der Waals surface area contributed by atoms with Crippen LogP contribution in [0.2, 0.25) is 0 Å². The maximum absolute atomic E-state index is 11.7. The van der Waals surface area contributed by atoms with Gasteiger partial charge in [-0.1, -0.05) is 27.7 Å². The van der Waals surface area contributed by atoms with Crippen LogP contribution in [-0.2, 0) is 4.79 Å². The Bertz CT molecular complexity index is 230. The molecule has 0 radical (unpaired) electrons. The number of rotatable bonds is 10. The minimum atomic E-state index is 0.105. The minimum absolute atomic E-state index is 0.105. The third-order valence-corrected chi connectivity index (χ3v) is 2.94. The molecule has 0 rings (SSSR count). The van der Waals surface area contributed by atoms with Crippen molar-refractivity contribution in [1.29, 1.82) is 0 Å². The molecule has 4 nitrogen and oxygen atoms in total. The summed E-state index contributed by atoms with van der Waals surface area (Å²) in [7, 11) is 4.13. The summed E-state index contributed by atoms with van der Waals surface area (Å²) >= 11 is 0. The van der Waals surface area contributed by atoms with E-state index in [9.17, 15) is 4.79 Å². The third-order valence-electron chi connectivity index (χ3n) is 2.94. The Labute approximate surface area is 119 Å². The fourth-order valence-electron chi connectivity index (χ4n) is 2.03. The summed E-state index contributed by atoms with van der Waals surface area (Å²) < 4.78 is 0. The predicted molar refractivity (Wildman–Crippen MR) is 82.3 cm³/mol. The summed E-state index contributed by atoms with van der Waals surface area (Å²) in [4.78, 5) is 13.9. The van der Waals surface area contributed by atoms with Gasteiger partial charge in [0, 0.05) is 19.1 Å². The fraction of sp³-hybridized carbons (Fsp3) is 0.933. The summed E-state index contributed by atoms with van der Waals surface area (Å²) in [5.74, 6) is 1.38. The monoisotopic (exact) mass is 271 g/mol. The van der Waals surface area contributed by atoms with E-state index in [1.165, 1.54) is 0 Å². The van der Waals surface area contributed by atoms with E-state index in [1.807, 2.05) is 0 Å². The second-order valence-electron chi connectivity index (χ2n) is 6.50. The Kier molecular flexibility index (Phi) is 9.88. The lowest BCUT2D eigenvalue weighted by Crippen LogP contribution is -2.44. The van der Waals surface area contributed by atoms with Crippen LogP contribution in [0.1, 0.15) is 40.5 Å². The van der Waals surface area contributed by atoms with Crippen LogP contribution >= 0.6 is 0 Å². The van der Waals surface area contributed by atoms with E-state index in [0.29, 0.717) is 24.4 Å². The van der Waals surface area contributed by atoms with E-state index < -0.39 is 0 Å². The molecular formula is C15H33N3O. The normalized spacial score (nSPS) is 13.3. The zero-order valence-electron chi connectivity index (χ0n) is 13.6. The molecule has 19 heavy (non-hydrogen) atoms. The van der Waals surface area contributed by atoms with E-state index in [2.05, 4.69) is 57.3 Å². The van der Waals surface area contributed by atoms with Crippen molar-refractivity contribution in [3.63, 3.8) is 0 Å². The first-order valence-electron chi connectivity index (χ1n) is 7.46. The van der Waals surface area contributed by atoms with Crippen LogP contribution < -0.4 is 10.6 Å². The molecule has 114 valence electrons. The van der Waals surface area contributed by atoms with Gasteiger partial charge in [-0.05, 0) is 38.8 Å². The minimum Gasteiger partial charge on any atom is -0.355 e. The van der Waals surface area contributed by atoms with E-state index in [1.54, 1.807) is 0 Å². The van der Waals surface area contributed by atoms with Crippen LogP contribution in [0.4, 0.5) is 0 Å². The first-order valence-corrected chi connectivity index (χ1v) is 7.46. The summed E-state index contributed by atoms with van der Waals surface area (Å²) in [5, 5.41) is 6.33. The van der Waals surface area contributed by atoms with Crippen molar-refractivity contribution in [2.24, 2.45) is 11.8 Å². The van der Waals surface area contributed by atoms with Gasteiger partial charge in [0.2, 0.25) is 5.91 Å². The lowest BCUT2D eigenvalue weighted by Gasteiger charge is -2.23. The lowest BCUT2D eigenvalue weighted by atomic mass is 10.0. The molecule has 0 spiro atoms. The topological polar surface area (TPSA) is 44.4 Å². The molecule has 2 N–H and O–H groups in total. The molecule has 0 saturated heterocycles. The Balaban J connectivity index is 3.91. The average Bonchev–Trinajstić information content (AvgIpc) is 2.23. The molecule has 0 aromatic heterocycles. The zero-order valence-corrected chi connectivity index (χ0v) is 13.6. The highest BCUT2D eigenvalue weighted by atomic mass is 16.1. The predicted octanol–water partition coefficient (Wildman–Crippen LogP) is 1.71. The fourth-order valence-corrected chi connectivity index (χ4v) is 2.03. The third kappa shape index (κ3) is 12.2. The van der Waals surface area contributed by atoms with Crippen molar-refractivity contribution in [1.82, 2.24) is 15.5 Å². The Morgan fingerprint density at radius 1 is 1.11 bits per heavy atom. The molecule has 0 heterocycles. The first kappa shape index (κ1) is 18.4. The van der Waals surface area contributed by atoms with Crippen LogP contribution in [-0.4, -0.2) is 50.6 Å². The van der Waals surface area contributed by atoms with Crippen molar-refractivity contribution in [3.8, 4) is 0 Å². The van der Waals surface area contributed by atoms with Gasteiger partial charge in [0.15, 0.2) is 0 Å². The number of nitrogens with one attached hydrogen (secondary N) is 2. The maximum Gasteiger partial charge on any atom is 0.233 e. The molecule has 0 fully saturated rings. The molecule has 0 aromatic carbocycles. The van der Waals surface area contributed by atoms with Gasteiger partial charge in [0.1, 0.15) is 0 Å². The zero-order chi connectivity index (χ0) is 14.8. The molecule has 0 aliphatic heterocycles. The number of carbonyl (C=O) groups excluding carboxylic acids is 1. The highest BCUT2D eigenvalue weighted by Crippen LogP contribution is 2.05. The second kappa shape index (κ2) is 10.2. The van der Waals surface area contributed by atoms with Crippen molar-refractivity contribution in [3.05, 3.63) is 0 Å². The van der Waals surface area contributed by atoms with Gasteiger partial charge in [-0.25, -0.2) is 0 Å². The lowest BCUT2D eigenvalue weighted by molar-refractivity contribution is -0.120. The van der Waals surface area contributed by atoms with Gasteiger partial charge in [-0.15, -0.1) is 0 Å². The Morgan fingerprint density at radius 3 is 2.21 bits per heavy atom. The van der Waals surface area contributed by atoms with E-state index in [-0.39, 0.29) is 5.91 Å². The molecule has 0 aliphatic rings. The van der Waals surface area contributed by atoms with Crippen LogP contribution in [0.3, 0.4) is 0 Å². The standard InChI is InChI=1S/C15H33N3O/c1-12(2)7-8-16-15(19)10-17-14(9-13(3)4)11-18(5)6/h12-14,17H,7-11H2,1-6H3,(H,16,19). The van der Waals surface area contributed by atoms with Crippen molar-refractivity contribution >= 4 is 5.91 Å². The number of hydrogen-bond donors (Lipinski definition) is 2. The maximum atomic E-state index is 11.7. The average molecular weight is 271 g/mol. The molecule has 1 unspecified atom stereocenters. The largest absolute Gasteiger partial charge is 0.355 e. The summed E-state index contributed by atoms with van der Waals surface area (Å²) in [6.45, 7) is 10.9. The number of nitrogens with zero attached hydrogens (tertiary/aromatic N) is 1. The van der Waals surface area contributed by atoms with E-state index in [4.69, 9.17) is 0 Å². The molecule has 0 saturated carbocycles. The summed E-state index contributed by atoms with van der Waals surface area (Å²) in [6, 6.07) is 0.380. The van der Waals surface area contributed by atoms with E-state index >= 15 is 0 Å². The Morgan fingerprint density at radius 2 is 1.74 bits per heavy atom. The highest BCUT2D eigenvalue weighted by molar-refractivity contribution is 5.77. The molecule has 0 aromatic rings. The molecule has 1 atom stereocenters. The number of carbonyl (C=O) groups is 1. The highest BCUT2D eigenvalue weighted by Gasteiger charge is 2.13. The number of likely N-dealkylation sites (N-methyl/N-ethyl adjacent to an activating group) is 1. The summed E-state index contributed by atoms with van der Waals surface area (Å²) in [6.07, 6.45) is 2.14. The SMILES string of the molecule is CC(C)CCNC(=O)CNC(CC(C)C)CN(C)C. The molecule has 0 aliphatic carbocycles. The van der Waals surface area contributed by atoms with Gasteiger partial charge in [-0.2, -0.15) is 0 Å². The molecule has 1 amide bonds. The van der Waals surface area contributed by atoms with Gasteiger partial charge in [-0.3, -0.25) is 4.79 Å². The van der Waals surface area contributed by atoms with Gasteiger partial charge in [0.05, 0.1) is 6.54 Å². The van der Waals surface area contributed by atoms with E-state index in [0.717, 1.165) is 25.9 Å². The van der Waals surface area contributed by atoms with Crippen molar-refractivity contribution in [2.45, 2.75) is 46.6 Å². The quantitative estimate of drug-likeness (QED) is 0.636. The van der Waals surface area contributed by atoms with Crippen LogP contribution in [0.25, 0.3) is 0 Å². The van der Waals surface area contributed by atoms with Crippen molar-refractivity contribution in [2.75, 3.05) is 33.7 Å². The smallest absolute Gasteiger partial charge is 0.233 e. The van der Waals surface area contributed by atoms with Gasteiger partial charge in [0.25, 0.3) is 0 Å². The Hall–Kier alpha value is -0.610. The molecular weight excluding hydrogens is 238 g/mol. The van der Waals surface area contributed by atoms with Gasteiger partial charge < -0.3 is 15.5 Å². The number of amides is 1. The second-order valence-corrected chi connectivity index (χ2v) is 6.50. The van der Waals surface area contributed by atoms with Crippen LogP contribution in [0.15, 0.2) is 0 Å². The number of hydrogen-bond acceptors (Lipinski definition) is 3. The van der Waals surface area contributed by atoms with Crippen molar-refractivity contribution < 1.29 is 4.79 Å².